The Kier molecular flexibility index (Phi) is 5.55. The summed E-state index contributed by atoms with van der Waals surface area (Å²) in [4.78, 5) is 12.3. The lowest BCUT2D eigenvalue weighted by Crippen LogP contribution is -2.25. The summed E-state index contributed by atoms with van der Waals surface area (Å²) in [6, 6.07) is 14.7. The van der Waals surface area contributed by atoms with Crippen LogP contribution in [-0.4, -0.2) is 26.1 Å². The summed E-state index contributed by atoms with van der Waals surface area (Å²) >= 11 is 3.39. The predicted octanol–water partition coefficient (Wildman–Crippen LogP) is 4.16. The molecule has 3 rings (SSSR count). The van der Waals surface area contributed by atoms with E-state index in [0.717, 1.165) is 10.2 Å². The number of carbonyl (C=O) groups is 1. The number of aromatic nitrogens is 4. The molecule has 27 heavy (non-hydrogen) atoms. The number of amides is 1. The Morgan fingerprint density at radius 1 is 1.07 bits per heavy atom. The number of hydrogen-bond donors (Lipinski definition) is 1. The van der Waals surface area contributed by atoms with E-state index >= 15 is 0 Å². The van der Waals surface area contributed by atoms with Crippen molar-refractivity contribution in [2.75, 3.05) is 5.32 Å². The summed E-state index contributed by atoms with van der Waals surface area (Å²) in [7, 11) is 0. The van der Waals surface area contributed by atoms with Crippen LogP contribution in [0.2, 0.25) is 0 Å². The van der Waals surface area contributed by atoms with Gasteiger partial charge in [0.15, 0.2) is 5.82 Å². The number of benzene rings is 2. The van der Waals surface area contributed by atoms with Gasteiger partial charge in [-0.1, -0.05) is 36.7 Å². The van der Waals surface area contributed by atoms with E-state index in [0.29, 0.717) is 17.3 Å². The van der Waals surface area contributed by atoms with Crippen molar-refractivity contribution in [2.24, 2.45) is 0 Å². The smallest absolute Gasteiger partial charge is 0.246 e. The molecule has 1 heterocycles. The Balaban J connectivity index is 1.60. The zero-order valence-corrected chi connectivity index (χ0v) is 16.9. The van der Waals surface area contributed by atoms with Crippen LogP contribution in [0.3, 0.4) is 0 Å². The molecule has 0 aliphatic rings. The first-order chi connectivity index (χ1) is 12.8. The van der Waals surface area contributed by atoms with Gasteiger partial charge in [-0.3, -0.25) is 4.79 Å². The van der Waals surface area contributed by atoms with Gasteiger partial charge in [-0.05, 0) is 59.0 Å². The van der Waals surface area contributed by atoms with Crippen LogP contribution in [0.5, 0.6) is 11.5 Å². The first-order valence-electron chi connectivity index (χ1n) is 8.41. The van der Waals surface area contributed by atoms with Crippen molar-refractivity contribution in [3.63, 3.8) is 0 Å². The first-order valence-corrected chi connectivity index (χ1v) is 9.20. The molecule has 8 heteroatoms. The highest BCUT2D eigenvalue weighted by molar-refractivity contribution is 9.10. The highest BCUT2D eigenvalue weighted by Gasteiger charge is 2.23. The van der Waals surface area contributed by atoms with E-state index in [1.165, 1.54) is 4.68 Å². The van der Waals surface area contributed by atoms with Crippen LogP contribution in [-0.2, 0) is 16.8 Å². The average Bonchev–Trinajstić information content (AvgIpc) is 3.07. The SMILES string of the molecule is CC(C)(C)c1nnnn1CC(=O)Nc1ccc(Oc2ccc(Br)cc2)cc1. The van der Waals surface area contributed by atoms with Gasteiger partial charge in [0.1, 0.15) is 18.0 Å². The number of tetrazole rings is 1. The topological polar surface area (TPSA) is 81.9 Å². The molecule has 140 valence electrons. The summed E-state index contributed by atoms with van der Waals surface area (Å²) in [5.74, 6) is 1.89. The van der Waals surface area contributed by atoms with Gasteiger partial charge in [0.25, 0.3) is 0 Å². The molecule has 0 spiro atoms. The third kappa shape index (κ3) is 5.13. The predicted molar refractivity (Wildman–Crippen MR) is 106 cm³/mol. The Hall–Kier alpha value is -2.74. The first kappa shape index (κ1) is 19.0. The highest BCUT2D eigenvalue weighted by Crippen LogP contribution is 2.24. The van der Waals surface area contributed by atoms with Crippen LogP contribution in [0, 0.1) is 0 Å². The largest absolute Gasteiger partial charge is 0.457 e. The molecule has 1 N–H and O–H groups in total. The van der Waals surface area contributed by atoms with Crippen molar-refractivity contribution in [3.8, 4) is 11.5 Å². The molecule has 0 atom stereocenters. The molecule has 0 saturated carbocycles. The Labute approximate surface area is 165 Å². The fraction of sp³-hybridized carbons (Fsp3) is 0.263. The fourth-order valence-electron chi connectivity index (χ4n) is 2.43. The number of halogens is 1. The van der Waals surface area contributed by atoms with Crippen molar-refractivity contribution in [1.82, 2.24) is 20.2 Å². The van der Waals surface area contributed by atoms with Gasteiger partial charge in [-0.15, -0.1) is 5.10 Å². The minimum atomic E-state index is -0.240. The van der Waals surface area contributed by atoms with E-state index in [4.69, 9.17) is 4.74 Å². The third-order valence-corrected chi connectivity index (χ3v) is 4.21. The minimum Gasteiger partial charge on any atom is -0.457 e. The van der Waals surface area contributed by atoms with E-state index in [1.54, 1.807) is 24.3 Å². The molecular formula is C19H20BrN5O2. The van der Waals surface area contributed by atoms with Gasteiger partial charge < -0.3 is 10.1 Å². The van der Waals surface area contributed by atoms with Crippen molar-refractivity contribution in [3.05, 3.63) is 58.8 Å². The van der Waals surface area contributed by atoms with E-state index in [1.807, 2.05) is 45.0 Å². The zero-order valence-electron chi connectivity index (χ0n) is 15.3. The van der Waals surface area contributed by atoms with Crippen LogP contribution < -0.4 is 10.1 Å². The molecular weight excluding hydrogens is 410 g/mol. The molecule has 0 aliphatic carbocycles. The van der Waals surface area contributed by atoms with Crippen LogP contribution >= 0.6 is 15.9 Å². The van der Waals surface area contributed by atoms with E-state index in [2.05, 4.69) is 36.8 Å². The molecule has 7 nitrogen and oxygen atoms in total. The highest BCUT2D eigenvalue weighted by atomic mass is 79.9. The average molecular weight is 430 g/mol. The number of rotatable bonds is 5. The Morgan fingerprint density at radius 3 is 2.26 bits per heavy atom. The van der Waals surface area contributed by atoms with Gasteiger partial charge in [0.2, 0.25) is 5.91 Å². The maximum atomic E-state index is 12.3. The Morgan fingerprint density at radius 2 is 1.67 bits per heavy atom. The van der Waals surface area contributed by atoms with E-state index < -0.39 is 0 Å². The summed E-state index contributed by atoms with van der Waals surface area (Å²) in [6.07, 6.45) is 0. The van der Waals surface area contributed by atoms with Gasteiger partial charge in [0, 0.05) is 15.6 Å². The summed E-state index contributed by atoms with van der Waals surface area (Å²) < 4.78 is 8.27. The van der Waals surface area contributed by atoms with Gasteiger partial charge in [-0.2, -0.15) is 0 Å². The summed E-state index contributed by atoms with van der Waals surface area (Å²) in [6.45, 7) is 6.04. The lowest BCUT2D eigenvalue weighted by Gasteiger charge is -2.16. The van der Waals surface area contributed by atoms with Crippen LogP contribution in [0.4, 0.5) is 5.69 Å². The molecule has 0 bridgehead atoms. The van der Waals surface area contributed by atoms with E-state index in [9.17, 15) is 4.79 Å². The molecule has 0 radical (unpaired) electrons. The standard InChI is InChI=1S/C19H20BrN5O2/c1-19(2,3)18-22-23-24-25(18)12-17(26)21-14-6-10-16(11-7-14)27-15-8-4-13(20)5-9-15/h4-11H,12H2,1-3H3,(H,21,26). The molecule has 0 aliphatic heterocycles. The monoisotopic (exact) mass is 429 g/mol. The summed E-state index contributed by atoms with van der Waals surface area (Å²) in [5.41, 5.74) is 0.434. The normalized spacial score (nSPS) is 11.3. The van der Waals surface area contributed by atoms with Crippen LogP contribution in [0.25, 0.3) is 0 Å². The maximum absolute atomic E-state index is 12.3. The van der Waals surface area contributed by atoms with Gasteiger partial charge in [-0.25, -0.2) is 4.68 Å². The van der Waals surface area contributed by atoms with Crippen molar-refractivity contribution >= 4 is 27.5 Å². The Bertz CT molecular complexity index is 915. The molecule has 0 saturated heterocycles. The third-order valence-electron chi connectivity index (χ3n) is 3.68. The lowest BCUT2D eigenvalue weighted by molar-refractivity contribution is -0.117. The molecule has 0 unspecified atom stereocenters. The van der Waals surface area contributed by atoms with Crippen molar-refractivity contribution in [2.45, 2.75) is 32.7 Å². The molecule has 3 aromatic rings. The van der Waals surface area contributed by atoms with Crippen LogP contribution in [0.1, 0.15) is 26.6 Å². The van der Waals surface area contributed by atoms with Crippen molar-refractivity contribution < 1.29 is 9.53 Å². The molecule has 1 amide bonds. The van der Waals surface area contributed by atoms with Gasteiger partial charge >= 0.3 is 0 Å². The minimum absolute atomic E-state index is 0.0523. The summed E-state index contributed by atoms with van der Waals surface area (Å²) in [5, 5.41) is 14.4. The number of hydrogen-bond acceptors (Lipinski definition) is 5. The van der Waals surface area contributed by atoms with Crippen LogP contribution in [0.15, 0.2) is 53.0 Å². The number of anilines is 1. The quantitative estimate of drug-likeness (QED) is 0.657. The van der Waals surface area contributed by atoms with Crippen molar-refractivity contribution in [1.29, 1.82) is 0 Å². The molecule has 0 fully saturated rings. The molecule has 1 aromatic heterocycles. The number of ether oxygens (including phenoxy) is 1. The second kappa shape index (κ2) is 7.87. The van der Waals surface area contributed by atoms with Gasteiger partial charge in [0.05, 0.1) is 0 Å². The lowest BCUT2D eigenvalue weighted by atomic mass is 9.96. The number of nitrogens with zero attached hydrogens (tertiary/aromatic N) is 4. The molecule has 2 aromatic carbocycles. The fourth-order valence-corrected chi connectivity index (χ4v) is 2.69. The second-order valence-corrected chi connectivity index (χ2v) is 7.95. The van der Waals surface area contributed by atoms with E-state index in [-0.39, 0.29) is 17.9 Å². The number of carbonyl (C=O) groups excluding carboxylic acids is 1. The second-order valence-electron chi connectivity index (χ2n) is 7.04. The zero-order chi connectivity index (χ0) is 19.4. The maximum Gasteiger partial charge on any atom is 0.246 e. The number of nitrogens with one attached hydrogen (secondary N) is 1.